The van der Waals surface area contributed by atoms with Gasteiger partial charge in [0, 0.05) is 18.3 Å². The summed E-state index contributed by atoms with van der Waals surface area (Å²) in [6.45, 7) is 0.960. The Kier molecular flexibility index (Phi) is 4.96. The lowest BCUT2D eigenvalue weighted by atomic mass is 10.0. The van der Waals surface area contributed by atoms with Crippen molar-refractivity contribution in [1.82, 2.24) is 0 Å². The molecule has 23 heavy (non-hydrogen) atoms. The predicted octanol–water partition coefficient (Wildman–Crippen LogP) is 3.92. The molecule has 0 spiro atoms. The van der Waals surface area contributed by atoms with Gasteiger partial charge in [-0.25, -0.2) is 0 Å². The molecule has 0 radical (unpaired) electrons. The molecule has 1 saturated heterocycles. The molecule has 2 aromatic carbocycles. The molecule has 1 fully saturated rings. The first-order valence-electron chi connectivity index (χ1n) is 8.33. The number of hydrogen-bond donors (Lipinski definition) is 1. The van der Waals surface area contributed by atoms with Gasteiger partial charge >= 0.3 is 5.97 Å². The Hall–Kier alpha value is -2.29. The highest BCUT2D eigenvalue weighted by atomic mass is 16.4. The number of anilines is 1. The number of nitrogens with zero attached hydrogens (tertiary/aromatic N) is 1. The number of carboxylic acids is 1. The summed E-state index contributed by atoms with van der Waals surface area (Å²) in [5.74, 6) is -0.707. The van der Waals surface area contributed by atoms with Gasteiger partial charge in [0.05, 0.1) is 6.42 Å². The second-order valence-electron chi connectivity index (χ2n) is 6.24. The molecular weight excluding hydrogens is 286 g/mol. The van der Waals surface area contributed by atoms with Crippen molar-refractivity contribution in [2.45, 2.75) is 38.1 Å². The van der Waals surface area contributed by atoms with Gasteiger partial charge in [-0.3, -0.25) is 4.79 Å². The van der Waals surface area contributed by atoms with E-state index < -0.39 is 5.97 Å². The average molecular weight is 309 g/mol. The Morgan fingerprint density at radius 1 is 1.00 bits per heavy atom. The molecule has 120 valence electrons. The van der Waals surface area contributed by atoms with Gasteiger partial charge < -0.3 is 10.0 Å². The summed E-state index contributed by atoms with van der Waals surface area (Å²) in [4.78, 5) is 13.2. The molecule has 0 amide bonds. The van der Waals surface area contributed by atoms with Crippen LogP contribution in [0.5, 0.6) is 0 Å². The van der Waals surface area contributed by atoms with E-state index in [0.717, 1.165) is 37.9 Å². The summed E-state index contributed by atoms with van der Waals surface area (Å²) in [7, 11) is 0. The highest BCUT2D eigenvalue weighted by Gasteiger charge is 2.26. The van der Waals surface area contributed by atoms with E-state index >= 15 is 0 Å². The molecule has 3 heteroatoms. The Morgan fingerprint density at radius 2 is 1.65 bits per heavy atom. The highest BCUT2D eigenvalue weighted by molar-refractivity contribution is 5.69. The first-order chi connectivity index (χ1) is 11.2. The summed E-state index contributed by atoms with van der Waals surface area (Å²) in [6.07, 6.45) is 4.36. The zero-order valence-corrected chi connectivity index (χ0v) is 13.3. The monoisotopic (exact) mass is 309 g/mol. The Labute approximate surface area is 137 Å². The maximum absolute atomic E-state index is 11.0. The van der Waals surface area contributed by atoms with Crippen molar-refractivity contribution in [3.8, 4) is 0 Å². The summed E-state index contributed by atoms with van der Waals surface area (Å²) >= 11 is 0. The number of rotatable bonds is 6. The minimum Gasteiger partial charge on any atom is -0.481 e. The fourth-order valence-electron chi connectivity index (χ4n) is 3.38. The van der Waals surface area contributed by atoms with E-state index in [0.29, 0.717) is 0 Å². The van der Waals surface area contributed by atoms with Crippen molar-refractivity contribution in [2.75, 3.05) is 11.4 Å². The van der Waals surface area contributed by atoms with Crippen LogP contribution in [0.25, 0.3) is 0 Å². The first kappa shape index (κ1) is 15.6. The first-order valence-corrected chi connectivity index (χ1v) is 8.33. The Bertz CT molecular complexity index is 636. The number of aryl methyl sites for hydroxylation is 2. The van der Waals surface area contributed by atoms with Crippen LogP contribution in [-0.2, 0) is 17.6 Å². The molecule has 1 unspecified atom stereocenters. The van der Waals surface area contributed by atoms with Crippen molar-refractivity contribution in [3.63, 3.8) is 0 Å². The Morgan fingerprint density at radius 3 is 2.30 bits per heavy atom. The quantitative estimate of drug-likeness (QED) is 0.879. The maximum atomic E-state index is 11.0. The van der Waals surface area contributed by atoms with Crippen LogP contribution in [0.1, 0.15) is 30.4 Å². The summed E-state index contributed by atoms with van der Waals surface area (Å²) in [5.41, 5.74) is 3.83. The van der Waals surface area contributed by atoms with Gasteiger partial charge in [0.25, 0.3) is 0 Å². The summed E-state index contributed by atoms with van der Waals surface area (Å²) < 4.78 is 0. The van der Waals surface area contributed by atoms with Crippen LogP contribution in [-0.4, -0.2) is 23.7 Å². The minimum atomic E-state index is -0.707. The number of hydrogen-bond acceptors (Lipinski definition) is 2. The van der Waals surface area contributed by atoms with E-state index in [1.807, 2.05) is 6.07 Å². The standard InChI is InChI=1S/C20H23NO2/c22-20(23)15-19-7-4-14-21(19)18-12-10-17(11-13-18)9-8-16-5-2-1-3-6-16/h1-3,5-6,10-13,19H,4,7-9,14-15H2,(H,22,23). The van der Waals surface area contributed by atoms with Crippen LogP contribution < -0.4 is 4.90 Å². The molecule has 2 aromatic rings. The zero-order valence-electron chi connectivity index (χ0n) is 13.3. The van der Waals surface area contributed by atoms with Gasteiger partial charge in [-0.1, -0.05) is 42.5 Å². The SMILES string of the molecule is O=C(O)CC1CCCN1c1ccc(CCc2ccccc2)cc1. The summed E-state index contributed by atoms with van der Waals surface area (Å²) in [5, 5.41) is 9.03. The topological polar surface area (TPSA) is 40.5 Å². The molecule has 3 rings (SSSR count). The molecule has 0 saturated carbocycles. The van der Waals surface area contributed by atoms with E-state index in [9.17, 15) is 4.79 Å². The van der Waals surface area contributed by atoms with Gasteiger partial charge in [0.1, 0.15) is 0 Å². The second-order valence-corrected chi connectivity index (χ2v) is 6.24. The lowest BCUT2D eigenvalue weighted by molar-refractivity contribution is -0.137. The molecule has 1 aliphatic rings. The van der Waals surface area contributed by atoms with E-state index in [-0.39, 0.29) is 12.5 Å². The van der Waals surface area contributed by atoms with Crippen LogP contribution in [0.15, 0.2) is 54.6 Å². The van der Waals surface area contributed by atoms with Gasteiger partial charge in [-0.2, -0.15) is 0 Å². The lowest BCUT2D eigenvalue weighted by Gasteiger charge is -2.25. The third-order valence-electron chi connectivity index (χ3n) is 4.60. The zero-order chi connectivity index (χ0) is 16.1. The number of carboxylic acid groups (broad SMARTS) is 1. The molecular formula is C20H23NO2. The van der Waals surface area contributed by atoms with Gasteiger partial charge in [-0.05, 0) is 48.9 Å². The number of benzene rings is 2. The lowest BCUT2D eigenvalue weighted by Crippen LogP contribution is -2.31. The van der Waals surface area contributed by atoms with Crippen molar-refractivity contribution < 1.29 is 9.90 Å². The minimum absolute atomic E-state index is 0.141. The molecule has 1 N–H and O–H groups in total. The van der Waals surface area contributed by atoms with Crippen molar-refractivity contribution in [1.29, 1.82) is 0 Å². The number of aliphatic carboxylic acids is 1. The third-order valence-corrected chi connectivity index (χ3v) is 4.60. The molecule has 0 aromatic heterocycles. The van der Waals surface area contributed by atoms with Crippen LogP contribution >= 0.6 is 0 Å². The van der Waals surface area contributed by atoms with Gasteiger partial charge in [0.15, 0.2) is 0 Å². The highest BCUT2D eigenvalue weighted by Crippen LogP contribution is 2.27. The molecule has 1 heterocycles. The van der Waals surface area contributed by atoms with E-state index in [1.54, 1.807) is 0 Å². The van der Waals surface area contributed by atoms with Crippen LogP contribution in [0.2, 0.25) is 0 Å². The van der Waals surface area contributed by atoms with E-state index in [1.165, 1.54) is 11.1 Å². The third kappa shape index (κ3) is 4.13. The smallest absolute Gasteiger partial charge is 0.305 e. The summed E-state index contributed by atoms with van der Waals surface area (Å²) in [6, 6.07) is 19.3. The van der Waals surface area contributed by atoms with Crippen molar-refractivity contribution in [3.05, 3.63) is 65.7 Å². The molecule has 1 aliphatic heterocycles. The molecule has 0 aliphatic carbocycles. The Balaban J connectivity index is 1.61. The van der Waals surface area contributed by atoms with Gasteiger partial charge in [0.2, 0.25) is 0 Å². The van der Waals surface area contributed by atoms with Gasteiger partial charge in [-0.15, -0.1) is 0 Å². The molecule has 3 nitrogen and oxygen atoms in total. The predicted molar refractivity (Wildman–Crippen MR) is 92.9 cm³/mol. The fourth-order valence-corrected chi connectivity index (χ4v) is 3.38. The van der Waals surface area contributed by atoms with Crippen molar-refractivity contribution in [2.24, 2.45) is 0 Å². The molecule has 1 atom stereocenters. The average Bonchev–Trinajstić information content (AvgIpc) is 3.02. The van der Waals surface area contributed by atoms with E-state index in [4.69, 9.17) is 5.11 Å². The van der Waals surface area contributed by atoms with E-state index in [2.05, 4.69) is 53.4 Å². The van der Waals surface area contributed by atoms with Crippen LogP contribution in [0, 0.1) is 0 Å². The maximum Gasteiger partial charge on any atom is 0.305 e. The second kappa shape index (κ2) is 7.32. The molecule has 0 bridgehead atoms. The van der Waals surface area contributed by atoms with Crippen LogP contribution in [0.3, 0.4) is 0 Å². The largest absolute Gasteiger partial charge is 0.481 e. The van der Waals surface area contributed by atoms with Crippen LogP contribution in [0.4, 0.5) is 5.69 Å². The fraction of sp³-hybridized carbons (Fsp3) is 0.350. The van der Waals surface area contributed by atoms with Crippen molar-refractivity contribution >= 4 is 11.7 Å². The number of carbonyl (C=O) groups is 1. The normalized spacial score (nSPS) is 17.4.